The highest BCUT2D eigenvalue weighted by atomic mass is 16.1. The lowest BCUT2D eigenvalue weighted by atomic mass is 9.86. The molecule has 1 aliphatic rings. The third kappa shape index (κ3) is 3.26. The summed E-state index contributed by atoms with van der Waals surface area (Å²) in [5.41, 5.74) is 5.77. The van der Waals surface area contributed by atoms with Crippen LogP contribution in [0.5, 0.6) is 0 Å². The maximum Gasteiger partial charge on any atom is 0.227 e. The number of hydrogen-bond acceptors (Lipinski definition) is 5. The van der Waals surface area contributed by atoms with Crippen LogP contribution in [0.1, 0.15) is 17.7 Å². The van der Waals surface area contributed by atoms with Crippen LogP contribution in [0.15, 0.2) is 61.1 Å². The number of aromatic amines is 2. The van der Waals surface area contributed by atoms with Crippen molar-refractivity contribution in [1.82, 2.24) is 25.1 Å². The number of rotatable bonds is 4. The average molecular weight is 423 g/mol. The Balaban J connectivity index is 1.32. The van der Waals surface area contributed by atoms with E-state index in [0.717, 1.165) is 63.2 Å². The van der Waals surface area contributed by atoms with Gasteiger partial charge < -0.3 is 15.6 Å². The number of nitrogens with zero attached hydrogens (tertiary/aromatic N) is 3. The Morgan fingerprint density at radius 3 is 2.88 bits per heavy atom. The van der Waals surface area contributed by atoms with Crippen molar-refractivity contribution in [3.8, 4) is 0 Å². The molecule has 3 aromatic heterocycles. The van der Waals surface area contributed by atoms with Crippen LogP contribution in [-0.4, -0.2) is 31.1 Å². The van der Waals surface area contributed by atoms with Gasteiger partial charge in [-0.05, 0) is 55.2 Å². The molecule has 1 amide bonds. The number of carbonyl (C=O) groups is 1. The Morgan fingerprint density at radius 1 is 1.06 bits per heavy atom. The summed E-state index contributed by atoms with van der Waals surface area (Å²) in [6.07, 6.45) is 5.61. The Bertz CT molecular complexity index is 1440. The molecule has 32 heavy (non-hydrogen) atoms. The van der Waals surface area contributed by atoms with Gasteiger partial charge in [-0.2, -0.15) is 5.10 Å². The molecule has 0 saturated heterocycles. The molecule has 0 aliphatic heterocycles. The molecule has 158 valence electrons. The number of amides is 1. The SMILES string of the molecule is O=C(Nc1ccccc1)C1CCc2[nH]c3ncnc(Nc4ccc5[nH]ncc5c4)c3c2C1. The predicted molar refractivity (Wildman–Crippen MR) is 124 cm³/mol. The van der Waals surface area contributed by atoms with Gasteiger partial charge in [0, 0.05) is 28.4 Å². The Hall–Kier alpha value is -4.20. The molecule has 1 unspecified atom stereocenters. The zero-order chi connectivity index (χ0) is 21.5. The monoisotopic (exact) mass is 423 g/mol. The normalized spacial score (nSPS) is 15.6. The summed E-state index contributed by atoms with van der Waals surface area (Å²) in [7, 11) is 0. The Morgan fingerprint density at radius 2 is 1.97 bits per heavy atom. The molecular weight excluding hydrogens is 402 g/mol. The molecular formula is C24H21N7O. The molecule has 0 saturated carbocycles. The van der Waals surface area contributed by atoms with Crippen molar-refractivity contribution in [2.45, 2.75) is 19.3 Å². The highest BCUT2D eigenvalue weighted by molar-refractivity contribution is 5.96. The van der Waals surface area contributed by atoms with E-state index in [1.54, 1.807) is 12.5 Å². The standard InChI is InChI=1S/C24H21N7O/c32-24(29-16-4-2-1-3-5-16)14-6-8-20-18(11-14)21-22(25-13-26-23(21)30-20)28-17-7-9-19-15(10-17)12-27-31-19/h1-5,7,9-10,12-14H,6,8,11H2,(H,27,31)(H,29,32)(H2,25,26,28,30). The summed E-state index contributed by atoms with van der Waals surface area (Å²) in [5.74, 6) is 0.685. The van der Waals surface area contributed by atoms with Gasteiger partial charge in [0.2, 0.25) is 5.91 Å². The fourth-order valence-electron chi connectivity index (χ4n) is 4.48. The molecule has 0 radical (unpaired) electrons. The molecule has 0 spiro atoms. The summed E-state index contributed by atoms with van der Waals surface area (Å²) >= 11 is 0. The van der Waals surface area contributed by atoms with Gasteiger partial charge >= 0.3 is 0 Å². The van der Waals surface area contributed by atoms with E-state index in [9.17, 15) is 4.79 Å². The van der Waals surface area contributed by atoms with E-state index in [1.807, 2.05) is 48.5 Å². The van der Waals surface area contributed by atoms with Gasteiger partial charge in [0.1, 0.15) is 17.8 Å². The fraction of sp³-hybridized carbons (Fsp3) is 0.167. The van der Waals surface area contributed by atoms with E-state index in [2.05, 4.69) is 35.8 Å². The van der Waals surface area contributed by atoms with Crippen LogP contribution in [0.25, 0.3) is 21.9 Å². The first-order valence-electron chi connectivity index (χ1n) is 10.6. The predicted octanol–water partition coefficient (Wildman–Crippen LogP) is 4.32. The topological polar surface area (TPSA) is 111 Å². The maximum atomic E-state index is 12.9. The van der Waals surface area contributed by atoms with Crippen LogP contribution in [0.3, 0.4) is 0 Å². The second-order valence-corrected chi connectivity index (χ2v) is 8.12. The smallest absolute Gasteiger partial charge is 0.227 e. The Kier molecular flexibility index (Phi) is 4.34. The minimum Gasteiger partial charge on any atom is -0.343 e. The van der Waals surface area contributed by atoms with E-state index in [-0.39, 0.29) is 11.8 Å². The van der Waals surface area contributed by atoms with Crippen LogP contribution in [0.4, 0.5) is 17.2 Å². The van der Waals surface area contributed by atoms with Gasteiger partial charge in [-0.1, -0.05) is 18.2 Å². The molecule has 0 fully saturated rings. The number of para-hydroxylation sites is 1. The maximum absolute atomic E-state index is 12.9. The molecule has 8 nitrogen and oxygen atoms in total. The van der Waals surface area contributed by atoms with Crippen molar-refractivity contribution in [2.24, 2.45) is 5.92 Å². The molecule has 5 aromatic rings. The lowest BCUT2D eigenvalue weighted by Crippen LogP contribution is -2.28. The fourth-order valence-corrected chi connectivity index (χ4v) is 4.48. The molecule has 4 N–H and O–H groups in total. The lowest BCUT2D eigenvalue weighted by Gasteiger charge is -2.22. The second kappa shape index (κ2) is 7.49. The van der Waals surface area contributed by atoms with Crippen LogP contribution >= 0.6 is 0 Å². The van der Waals surface area contributed by atoms with Crippen molar-refractivity contribution in [1.29, 1.82) is 0 Å². The number of fused-ring (bicyclic) bond motifs is 4. The number of carbonyl (C=O) groups excluding carboxylic acids is 1. The summed E-state index contributed by atoms with van der Waals surface area (Å²) in [5, 5.41) is 15.5. The van der Waals surface area contributed by atoms with Crippen LogP contribution in [0, 0.1) is 5.92 Å². The highest BCUT2D eigenvalue weighted by Crippen LogP contribution is 2.35. The van der Waals surface area contributed by atoms with Gasteiger partial charge in [0.15, 0.2) is 0 Å². The minimum atomic E-state index is -0.1000. The molecule has 8 heteroatoms. The van der Waals surface area contributed by atoms with Gasteiger partial charge in [0.25, 0.3) is 0 Å². The van der Waals surface area contributed by atoms with Crippen LogP contribution in [0.2, 0.25) is 0 Å². The van der Waals surface area contributed by atoms with Gasteiger partial charge in [-0.15, -0.1) is 0 Å². The quantitative estimate of drug-likeness (QED) is 0.344. The van der Waals surface area contributed by atoms with E-state index >= 15 is 0 Å². The zero-order valence-corrected chi connectivity index (χ0v) is 17.2. The number of anilines is 3. The number of hydrogen-bond donors (Lipinski definition) is 4. The molecule has 1 aliphatic carbocycles. The second-order valence-electron chi connectivity index (χ2n) is 8.12. The zero-order valence-electron chi connectivity index (χ0n) is 17.2. The number of benzene rings is 2. The molecule has 2 aromatic carbocycles. The highest BCUT2D eigenvalue weighted by Gasteiger charge is 2.29. The summed E-state index contributed by atoms with van der Waals surface area (Å²) in [6, 6.07) is 15.6. The van der Waals surface area contributed by atoms with E-state index in [0.29, 0.717) is 6.42 Å². The van der Waals surface area contributed by atoms with Gasteiger partial charge in [-0.25, -0.2) is 9.97 Å². The van der Waals surface area contributed by atoms with Crippen molar-refractivity contribution in [3.63, 3.8) is 0 Å². The first-order valence-corrected chi connectivity index (χ1v) is 10.6. The minimum absolute atomic E-state index is 0.0490. The summed E-state index contributed by atoms with van der Waals surface area (Å²) in [6.45, 7) is 0. The number of aryl methyl sites for hydroxylation is 1. The molecule has 3 heterocycles. The lowest BCUT2D eigenvalue weighted by molar-refractivity contribution is -0.120. The van der Waals surface area contributed by atoms with Crippen molar-refractivity contribution in [3.05, 3.63) is 72.3 Å². The van der Waals surface area contributed by atoms with E-state index in [4.69, 9.17) is 0 Å². The largest absolute Gasteiger partial charge is 0.343 e. The first kappa shape index (κ1) is 18.6. The third-order valence-corrected chi connectivity index (χ3v) is 6.09. The third-order valence-electron chi connectivity index (χ3n) is 6.09. The van der Waals surface area contributed by atoms with Crippen molar-refractivity contribution in [2.75, 3.05) is 10.6 Å². The van der Waals surface area contributed by atoms with Gasteiger partial charge in [0.05, 0.1) is 17.1 Å². The van der Waals surface area contributed by atoms with Crippen LogP contribution in [-0.2, 0) is 17.6 Å². The summed E-state index contributed by atoms with van der Waals surface area (Å²) < 4.78 is 0. The van der Waals surface area contributed by atoms with E-state index in [1.165, 1.54) is 0 Å². The molecule has 1 atom stereocenters. The Labute approximate surface area is 183 Å². The van der Waals surface area contributed by atoms with Gasteiger partial charge in [-0.3, -0.25) is 9.89 Å². The number of aromatic nitrogens is 5. The van der Waals surface area contributed by atoms with Crippen molar-refractivity contribution >= 4 is 45.0 Å². The van der Waals surface area contributed by atoms with E-state index < -0.39 is 0 Å². The first-order chi connectivity index (χ1) is 15.7. The van der Waals surface area contributed by atoms with Crippen LogP contribution < -0.4 is 10.6 Å². The molecule has 0 bridgehead atoms. The number of nitrogens with one attached hydrogen (secondary N) is 4. The van der Waals surface area contributed by atoms with Crippen molar-refractivity contribution < 1.29 is 4.79 Å². The summed E-state index contributed by atoms with van der Waals surface area (Å²) in [4.78, 5) is 25.3. The molecule has 6 rings (SSSR count). The average Bonchev–Trinajstić information content (AvgIpc) is 3.43. The number of H-pyrrole nitrogens is 2.